The van der Waals surface area contributed by atoms with Crippen LogP contribution in [-0.2, 0) is 11.2 Å². The molecular weight excluding hydrogens is 378 g/mol. The predicted octanol–water partition coefficient (Wildman–Crippen LogP) is 3.55. The van der Waals surface area contributed by atoms with Crippen molar-refractivity contribution in [1.82, 2.24) is 14.9 Å². The predicted molar refractivity (Wildman–Crippen MR) is 120 cm³/mol. The summed E-state index contributed by atoms with van der Waals surface area (Å²) in [5.74, 6) is 0.501. The highest BCUT2D eigenvalue weighted by atomic mass is 16.2. The maximum atomic E-state index is 12.7. The molecule has 1 amide bonds. The molecule has 2 aromatic carbocycles. The van der Waals surface area contributed by atoms with Gasteiger partial charge in [0.1, 0.15) is 0 Å². The first kappa shape index (κ1) is 21.6. The van der Waals surface area contributed by atoms with Crippen LogP contribution in [0, 0.1) is 5.92 Å². The zero-order chi connectivity index (χ0) is 21.5. The molecule has 0 radical (unpaired) electrons. The van der Waals surface area contributed by atoms with Gasteiger partial charge in [0.25, 0.3) is 5.56 Å². The number of carbonyl (C=O) groups excluding carboxylic acids is 1. The SMILES string of the molecule is CCCCC(CC)CNC(=O)Cc1ccc(-n2c(=O)[nH]c3ccccc3c2=O)cc1. The smallest absolute Gasteiger partial charge is 0.333 e. The molecule has 1 heterocycles. The number of nitrogens with one attached hydrogen (secondary N) is 2. The van der Waals surface area contributed by atoms with Crippen LogP contribution in [0.5, 0.6) is 0 Å². The monoisotopic (exact) mass is 407 g/mol. The average Bonchev–Trinajstić information content (AvgIpc) is 2.75. The summed E-state index contributed by atoms with van der Waals surface area (Å²) in [7, 11) is 0. The molecule has 3 aromatic rings. The molecular formula is C24H29N3O3. The Labute approximate surface area is 176 Å². The Morgan fingerprint density at radius 3 is 2.50 bits per heavy atom. The van der Waals surface area contributed by atoms with Gasteiger partial charge < -0.3 is 10.3 Å². The lowest BCUT2D eigenvalue weighted by atomic mass is 9.99. The lowest BCUT2D eigenvalue weighted by Gasteiger charge is -2.15. The van der Waals surface area contributed by atoms with E-state index in [2.05, 4.69) is 24.1 Å². The van der Waals surface area contributed by atoms with Crippen molar-refractivity contribution in [3.8, 4) is 5.69 Å². The number of rotatable bonds is 9. The van der Waals surface area contributed by atoms with E-state index >= 15 is 0 Å². The number of unbranched alkanes of at least 4 members (excludes halogenated alkanes) is 1. The number of aromatic nitrogens is 2. The molecule has 0 aliphatic heterocycles. The average molecular weight is 408 g/mol. The molecule has 0 saturated carbocycles. The number of H-pyrrole nitrogens is 1. The molecule has 1 atom stereocenters. The fourth-order valence-electron chi connectivity index (χ4n) is 3.61. The molecule has 0 aliphatic rings. The number of nitrogens with zero attached hydrogens (tertiary/aromatic N) is 1. The first-order chi connectivity index (χ1) is 14.5. The van der Waals surface area contributed by atoms with Gasteiger partial charge in [-0.3, -0.25) is 9.59 Å². The third kappa shape index (κ3) is 5.06. The van der Waals surface area contributed by atoms with Crippen LogP contribution in [0.25, 0.3) is 16.6 Å². The van der Waals surface area contributed by atoms with E-state index in [-0.39, 0.29) is 17.9 Å². The minimum absolute atomic E-state index is 0.0154. The molecule has 1 unspecified atom stereocenters. The number of hydrogen-bond acceptors (Lipinski definition) is 3. The van der Waals surface area contributed by atoms with Gasteiger partial charge in [-0.15, -0.1) is 0 Å². The summed E-state index contributed by atoms with van der Waals surface area (Å²) in [6, 6.07) is 13.9. The molecule has 6 heteroatoms. The highest BCUT2D eigenvalue weighted by molar-refractivity contribution is 5.79. The molecule has 158 valence electrons. The van der Waals surface area contributed by atoms with Crippen molar-refractivity contribution in [2.75, 3.05) is 6.54 Å². The van der Waals surface area contributed by atoms with Crippen molar-refractivity contribution in [2.24, 2.45) is 5.92 Å². The Morgan fingerprint density at radius 1 is 1.07 bits per heavy atom. The van der Waals surface area contributed by atoms with Crippen LogP contribution < -0.4 is 16.6 Å². The number of fused-ring (bicyclic) bond motifs is 1. The largest absolute Gasteiger partial charge is 0.356 e. The highest BCUT2D eigenvalue weighted by Gasteiger charge is 2.11. The summed E-state index contributed by atoms with van der Waals surface area (Å²) >= 11 is 0. The maximum absolute atomic E-state index is 12.7. The first-order valence-electron chi connectivity index (χ1n) is 10.6. The summed E-state index contributed by atoms with van der Waals surface area (Å²) < 4.78 is 1.12. The molecule has 0 aliphatic carbocycles. The fourth-order valence-corrected chi connectivity index (χ4v) is 3.61. The Balaban J connectivity index is 1.70. The molecule has 6 nitrogen and oxygen atoms in total. The molecule has 3 rings (SSSR count). The minimum Gasteiger partial charge on any atom is -0.356 e. The molecule has 0 bridgehead atoms. The molecule has 0 fully saturated rings. The number of carbonyl (C=O) groups is 1. The van der Waals surface area contributed by atoms with Crippen LogP contribution in [0.4, 0.5) is 0 Å². The second kappa shape index (κ2) is 10.1. The summed E-state index contributed by atoms with van der Waals surface area (Å²) in [5.41, 5.74) is 0.977. The van der Waals surface area contributed by atoms with E-state index in [0.29, 0.717) is 29.1 Å². The number of hydrogen-bond donors (Lipinski definition) is 2. The fraction of sp³-hybridized carbons (Fsp3) is 0.375. The lowest BCUT2D eigenvalue weighted by molar-refractivity contribution is -0.120. The van der Waals surface area contributed by atoms with Gasteiger partial charge in [0.2, 0.25) is 5.91 Å². The van der Waals surface area contributed by atoms with Gasteiger partial charge in [-0.05, 0) is 42.2 Å². The molecule has 30 heavy (non-hydrogen) atoms. The van der Waals surface area contributed by atoms with E-state index in [4.69, 9.17) is 0 Å². The van der Waals surface area contributed by atoms with Crippen LogP contribution in [0.2, 0.25) is 0 Å². The van der Waals surface area contributed by atoms with E-state index in [0.717, 1.165) is 23.0 Å². The van der Waals surface area contributed by atoms with Crippen molar-refractivity contribution in [3.63, 3.8) is 0 Å². The Hall–Kier alpha value is -3.15. The number of benzene rings is 2. The third-order valence-corrected chi connectivity index (χ3v) is 5.50. The van der Waals surface area contributed by atoms with Crippen molar-refractivity contribution >= 4 is 16.8 Å². The second-order valence-electron chi connectivity index (χ2n) is 7.68. The van der Waals surface area contributed by atoms with Gasteiger partial charge in [0.15, 0.2) is 0 Å². The van der Waals surface area contributed by atoms with Crippen molar-refractivity contribution < 1.29 is 4.79 Å². The second-order valence-corrected chi connectivity index (χ2v) is 7.68. The van der Waals surface area contributed by atoms with Crippen molar-refractivity contribution in [1.29, 1.82) is 0 Å². The van der Waals surface area contributed by atoms with Gasteiger partial charge in [0, 0.05) is 6.54 Å². The van der Waals surface area contributed by atoms with Crippen LogP contribution in [0.15, 0.2) is 58.1 Å². The van der Waals surface area contributed by atoms with E-state index in [1.807, 2.05) is 0 Å². The summed E-state index contributed by atoms with van der Waals surface area (Å²) in [5, 5.41) is 3.48. The number of aromatic amines is 1. The lowest BCUT2D eigenvalue weighted by Crippen LogP contribution is -2.33. The standard InChI is InChI=1S/C24H29N3O3/c1-3-5-8-17(4-2)16-25-22(28)15-18-11-13-19(14-12-18)27-23(29)20-9-6-7-10-21(20)26-24(27)30/h6-7,9-14,17H,3-5,8,15-16H2,1-2H3,(H,25,28)(H,26,30). The Kier molecular flexibility index (Phi) is 7.22. The van der Waals surface area contributed by atoms with Crippen LogP contribution in [0.1, 0.15) is 45.1 Å². The zero-order valence-electron chi connectivity index (χ0n) is 17.6. The van der Waals surface area contributed by atoms with Crippen molar-refractivity contribution in [2.45, 2.75) is 46.0 Å². The number of para-hydroxylation sites is 1. The topological polar surface area (TPSA) is 84.0 Å². The van der Waals surface area contributed by atoms with Gasteiger partial charge in [-0.1, -0.05) is 57.4 Å². The normalized spacial score (nSPS) is 12.1. The summed E-state index contributed by atoms with van der Waals surface area (Å²) in [4.78, 5) is 40.2. The third-order valence-electron chi connectivity index (χ3n) is 5.50. The van der Waals surface area contributed by atoms with E-state index in [9.17, 15) is 14.4 Å². The Morgan fingerprint density at radius 2 is 1.80 bits per heavy atom. The Bertz CT molecular complexity index is 1110. The van der Waals surface area contributed by atoms with Crippen LogP contribution >= 0.6 is 0 Å². The van der Waals surface area contributed by atoms with E-state index in [1.165, 1.54) is 12.8 Å². The minimum atomic E-state index is -0.484. The zero-order valence-corrected chi connectivity index (χ0v) is 17.6. The summed E-state index contributed by atoms with van der Waals surface area (Å²) in [6.07, 6.45) is 4.82. The summed E-state index contributed by atoms with van der Waals surface area (Å²) in [6.45, 7) is 5.03. The van der Waals surface area contributed by atoms with Crippen LogP contribution in [-0.4, -0.2) is 22.0 Å². The molecule has 1 aromatic heterocycles. The van der Waals surface area contributed by atoms with Crippen molar-refractivity contribution in [3.05, 3.63) is 74.9 Å². The highest BCUT2D eigenvalue weighted by Crippen LogP contribution is 2.12. The van der Waals surface area contributed by atoms with Gasteiger partial charge >= 0.3 is 5.69 Å². The molecule has 0 spiro atoms. The van der Waals surface area contributed by atoms with E-state index < -0.39 is 5.69 Å². The van der Waals surface area contributed by atoms with Gasteiger partial charge in [0.05, 0.1) is 23.0 Å². The molecule has 0 saturated heterocycles. The van der Waals surface area contributed by atoms with E-state index in [1.54, 1.807) is 48.5 Å². The molecule has 2 N–H and O–H groups in total. The van der Waals surface area contributed by atoms with Gasteiger partial charge in [-0.2, -0.15) is 0 Å². The quantitative estimate of drug-likeness (QED) is 0.569. The number of amides is 1. The maximum Gasteiger partial charge on any atom is 0.333 e. The van der Waals surface area contributed by atoms with Gasteiger partial charge in [-0.25, -0.2) is 9.36 Å². The van der Waals surface area contributed by atoms with Crippen LogP contribution in [0.3, 0.4) is 0 Å². The first-order valence-corrected chi connectivity index (χ1v) is 10.6.